The van der Waals surface area contributed by atoms with Gasteiger partial charge in [0.05, 0.1) is 18.8 Å². The standard InChI is InChI=1S/C16H18BrF2N3/c17-14-3-1-12(2-4-14)13-9-20-22(10-13)15-5-7-21(8-6-15)11-16(18)19/h1-4,9-10,15-16H,5-8,11H2. The van der Waals surface area contributed by atoms with Gasteiger partial charge in [-0.05, 0) is 30.5 Å². The van der Waals surface area contributed by atoms with Crippen LogP contribution < -0.4 is 0 Å². The van der Waals surface area contributed by atoms with E-state index >= 15 is 0 Å². The number of likely N-dealkylation sites (tertiary alicyclic amines) is 1. The normalized spacial score (nSPS) is 17.3. The Balaban J connectivity index is 1.64. The largest absolute Gasteiger partial charge is 0.298 e. The summed E-state index contributed by atoms with van der Waals surface area (Å²) in [5.74, 6) is 0. The molecule has 1 saturated heterocycles. The molecule has 1 aromatic heterocycles. The second-order valence-corrected chi connectivity index (χ2v) is 6.55. The lowest BCUT2D eigenvalue weighted by molar-refractivity contribution is 0.0690. The van der Waals surface area contributed by atoms with E-state index in [2.05, 4.69) is 39.4 Å². The van der Waals surface area contributed by atoms with Crippen molar-refractivity contribution in [2.75, 3.05) is 19.6 Å². The molecule has 0 amide bonds. The summed E-state index contributed by atoms with van der Waals surface area (Å²) in [4.78, 5) is 1.83. The molecule has 1 aliphatic rings. The SMILES string of the molecule is FC(F)CN1CCC(n2cc(-c3ccc(Br)cc3)cn2)CC1. The molecule has 1 aliphatic heterocycles. The molecule has 1 aromatic carbocycles. The molecule has 3 nitrogen and oxygen atoms in total. The highest BCUT2D eigenvalue weighted by Crippen LogP contribution is 2.26. The molecule has 0 atom stereocenters. The van der Waals surface area contributed by atoms with Crippen molar-refractivity contribution >= 4 is 15.9 Å². The van der Waals surface area contributed by atoms with Crippen molar-refractivity contribution in [2.45, 2.75) is 25.3 Å². The molecule has 6 heteroatoms. The zero-order chi connectivity index (χ0) is 15.5. The first-order valence-corrected chi connectivity index (χ1v) is 8.22. The highest BCUT2D eigenvalue weighted by Gasteiger charge is 2.23. The fourth-order valence-electron chi connectivity index (χ4n) is 2.89. The van der Waals surface area contributed by atoms with Gasteiger partial charge < -0.3 is 0 Å². The lowest BCUT2D eigenvalue weighted by Gasteiger charge is -2.31. The molecule has 0 unspecified atom stereocenters. The van der Waals surface area contributed by atoms with Gasteiger partial charge in [0.1, 0.15) is 0 Å². The van der Waals surface area contributed by atoms with Gasteiger partial charge in [0.25, 0.3) is 6.43 Å². The van der Waals surface area contributed by atoms with E-state index in [4.69, 9.17) is 0 Å². The van der Waals surface area contributed by atoms with Crippen LogP contribution in [0.2, 0.25) is 0 Å². The smallest absolute Gasteiger partial charge is 0.251 e. The fourth-order valence-corrected chi connectivity index (χ4v) is 3.16. The van der Waals surface area contributed by atoms with Gasteiger partial charge in [-0.2, -0.15) is 5.10 Å². The molecule has 2 heterocycles. The van der Waals surface area contributed by atoms with Gasteiger partial charge in [-0.15, -0.1) is 0 Å². The lowest BCUT2D eigenvalue weighted by atomic mass is 10.1. The average molecular weight is 370 g/mol. The van der Waals surface area contributed by atoms with Gasteiger partial charge in [0, 0.05) is 29.3 Å². The molecular weight excluding hydrogens is 352 g/mol. The van der Waals surface area contributed by atoms with Gasteiger partial charge in [0.2, 0.25) is 0 Å². The Labute approximate surface area is 137 Å². The van der Waals surface area contributed by atoms with Crippen LogP contribution in [0.25, 0.3) is 11.1 Å². The molecule has 0 bridgehead atoms. The number of benzene rings is 1. The summed E-state index contributed by atoms with van der Waals surface area (Å²) in [5, 5.41) is 4.46. The van der Waals surface area contributed by atoms with E-state index in [1.165, 1.54) is 0 Å². The number of rotatable bonds is 4. The van der Waals surface area contributed by atoms with E-state index in [1.807, 2.05) is 27.9 Å². The van der Waals surface area contributed by atoms with Crippen molar-refractivity contribution in [1.82, 2.24) is 14.7 Å². The van der Waals surface area contributed by atoms with Crippen molar-refractivity contribution in [2.24, 2.45) is 0 Å². The van der Waals surface area contributed by atoms with Gasteiger partial charge in [-0.3, -0.25) is 9.58 Å². The topological polar surface area (TPSA) is 21.1 Å². The Morgan fingerprint density at radius 3 is 2.45 bits per heavy atom. The van der Waals surface area contributed by atoms with Crippen molar-refractivity contribution < 1.29 is 8.78 Å². The number of hydrogen-bond donors (Lipinski definition) is 0. The molecule has 0 N–H and O–H groups in total. The van der Waals surface area contributed by atoms with Crippen molar-refractivity contribution in [3.05, 3.63) is 41.1 Å². The molecule has 0 radical (unpaired) electrons. The minimum absolute atomic E-state index is 0.115. The summed E-state index contributed by atoms with van der Waals surface area (Å²) < 4.78 is 27.8. The van der Waals surface area contributed by atoms with E-state index in [9.17, 15) is 8.78 Å². The van der Waals surface area contributed by atoms with E-state index in [-0.39, 0.29) is 6.54 Å². The zero-order valence-corrected chi connectivity index (χ0v) is 13.7. The quantitative estimate of drug-likeness (QED) is 0.804. The first-order valence-electron chi connectivity index (χ1n) is 7.42. The number of piperidine rings is 1. The van der Waals surface area contributed by atoms with Crippen LogP contribution in [0.5, 0.6) is 0 Å². The van der Waals surface area contributed by atoms with Gasteiger partial charge >= 0.3 is 0 Å². The first-order chi connectivity index (χ1) is 10.6. The molecular formula is C16H18BrF2N3. The Morgan fingerprint density at radius 2 is 1.82 bits per heavy atom. The van der Waals surface area contributed by atoms with E-state index in [1.54, 1.807) is 0 Å². The number of nitrogens with zero attached hydrogens (tertiary/aromatic N) is 3. The highest BCUT2D eigenvalue weighted by molar-refractivity contribution is 9.10. The Morgan fingerprint density at radius 1 is 1.14 bits per heavy atom. The lowest BCUT2D eigenvalue weighted by Crippen LogP contribution is -2.37. The zero-order valence-electron chi connectivity index (χ0n) is 12.1. The van der Waals surface area contributed by atoms with Crippen LogP contribution in [-0.2, 0) is 0 Å². The van der Waals surface area contributed by atoms with Crippen LogP contribution in [0.4, 0.5) is 8.78 Å². The maximum Gasteiger partial charge on any atom is 0.251 e. The maximum absolute atomic E-state index is 12.4. The second-order valence-electron chi connectivity index (χ2n) is 5.64. The summed E-state index contributed by atoms with van der Waals surface area (Å²) in [5.41, 5.74) is 2.21. The third kappa shape index (κ3) is 3.73. The van der Waals surface area contributed by atoms with E-state index in [0.29, 0.717) is 19.1 Å². The summed E-state index contributed by atoms with van der Waals surface area (Å²) in [6, 6.07) is 8.43. The Bertz CT molecular complexity index is 604. The first kappa shape index (κ1) is 15.6. The number of alkyl halides is 2. The van der Waals surface area contributed by atoms with Gasteiger partial charge in [0.15, 0.2) is 0 Å². The molecule has 118 valence electrons. The predicted molar refractivity (Wildman–Crippen MR) is 86.1 cm³/mol. The number of aromatic nitrogens is 2. The Kier molecular flexibility index (Phi) is 4.88. The minimum Gasteiger partial charge on any atom is -0.298 e. The van der Waals surface area contributed by atoms with Crippen LogP contribution in [0, 0.1) is 0 Å². The molecule has 0 saturated carbocycles. The summed E-state index contributed by atoms with van der Waals surface area (Å²) >= 11 is 3.43. The number of halogens is 3. The van der Waals surface area contributed by atoms with Crippen LogP contribution in [0.1, 0.15) is 18.9 Å². The monoisotopic (exact) mass is 369 g/mol. The van der Waals surface area contributed by atoms with Crippen LogP contribution >= 0.6 is 15.9 Å². The highest BCUT2D eigenvalue weighted by atomic mass is 79.9. The Hall–Kier alpha value is -1.27. The molecule has 22 heavy (non-hydrogen) atoms. The predicted octanol–water partition coefficient (Wildman–Crippen LogP) is 4.21. The molecule has 1 fully saturated rings. The fraction of sp³-hybridized carbons (Fsp3) is 0.438. The third-order valence-corrected chi connectivity index (χ3v) is 4.64. The van der Waals surface area contributed by atoms with Gasteiger partial charge in [-0.1, -0.05) is 28.1 Å². The van der Waals surface area contributed by atoms with Crippen LogP contribution in [-0.4, -0.2) is 40.7 Å². The van der Waals surface area contributed by atoms with Crippen molar-refractivity contribution in [3.63, 3.8) is 0 Å². The molecule has 0 aliphatic carbocycles. The second kappa shape index (κ2) is 6.87. The molecule has 2 aromatic rings. The number of hydrogen-bond acceptors (Lipinski definition) is 2. The van der Waals surface area contributed by atoms with E-state index in [0.717, 1.165) is 28.4 Å². The van der Waals surface area contributed by atoms with Crippen LogP contribution in [0.15, 0.2) is 41.1 Å². The minimum atomic E-state index is -2.25. The summed E-state index contributed by atoms with van der Waals surface area (Å²) in [7, 11) is 0. The summed E-state index contributed by atoms with van der Waals surface area (Å²) in [6.07, 6.45) is 3.42. The average Bonchev–Trinajstić information content (AvgIpc) is 2.98. The molecule has 3 rings (SSSR count). The van der Waals surface area contributed by atoms with Crippen LogP contribution in [0.3, 0.4) is 0 Å². The van der Waals surface area contributed by atoms with Gasteiger partial charge in [-0.25, -0.2) is 8.78 Å². The molecule has 0 spiro atoms. The third-order valence-electron chi connectivity index (χ3n) is 4.11. The van der Waals surface area contributed by atoms with E-state index < -0.39 is 6.43 Å². The summed E-state index contributed by atoms with van der Waals surface area (Å²) in [6.45, 7) is 1.31. The van der Waals surface area contributed by atoms with Crippen molar-refractivity contribution in [3.8, 4) is 11.1 Å². The maximum atomic E-state index is 12.4. The van der Waals surface area contributed by atoms with Crippen molar-refractivity contribution in [1.29, 1.82) is 0 Å².